The molecule has 5 nitrogen and oxygen atoms in total. The molecule has 0 saturated carbocycles. The summed E-state index contributed by atoms with van der Waals surface area (Å²) < 4.78 is 21.8. The molecule has 0 aliphatic heterocycles. The first-order chi connectivity index (χ1) is 10.6. The standard InChI is InChI=1S/C16H16ClNO4/c1-19-11-6-8(17)5-9-13-10(18-14(9)11)7-12(20-2)15(21-3)16(13)22-4/h5-7,18H,1-4H3. The van der Waals surface area contributed by atoms with Crippen LogP contribution < -0.4 is 18.9 Å². The van der Waals surface area contributed by atoms with Crippen molar-refractivity contribution in [2.24, 2.45) is 0 Å². The molecule has 0 spiro atoms. The molecule has 22 heavy (non-hydrogen) atoms. The van der Waals surface area contributed by atoms with Crippen LogP contribution in [-0.4, -0.2) is 33.4 Å². The van der Waals surface area contributed by atoms with E-state index in [0.29, 0.717) is 28.0 Å². The van der Waals surface area contributed by atoms with Crippen molar-refractivity contribution in [2.45, 2.75) is 0 Å². The van der Waals surface area contributed by atoms with Crippen LogP contribution in [0.3, 0.4) is 0 Å². The predicted octanol–water partition coefficient (Wildman–Crippen LogP) is 4.01. The molecule has 6 heteroatoms. The Hall–Kier alpha value is -2.27. The first-order valence-electron chi connectivity index (χ1n) is 6.62. The fourth-order valence-electron chi connectivity index (χ4n) is 2.73. The lowest BCUT2D eigenvalue weighted by atomic mass is 10.1. The van der Waals surface area contributed by atoms with Crippen LogP contribution in [0.25, 0.3) is 21.8 Å². The topological polar surface area (TPSA) is 52.7 Å². The smallest absolute Gasteiger partial charge is 0.204 e. The maximum absolute atomic E-state index is 6.20. The number of hydrogen-bond donors (Lipinski definition) is 1. The summed E-state index contributed by atoms with van der Waals surface area (Å²) in [7, 11) is 6.37. The normalized spacial score (nSPS) is 11.0. The highest BCUT2D eigenvalue weighted by Crippen LogP contribution is 2.47. The summed E-state index contributed by atoms with van der Waals surface area (Å²) in [4.78, 5) is 3.33. The summed E-state index contributed by atoms with van der Waals surface area (Å²) in [6.07, 6.45) is 0. The van der Waals surface area contributed by atoms with E-state index >= 15 is 0 Å². The first kappa shape index (κ1) is 14.7. The molecule has 1 N–H and O–H groups in total. The van der Waals surface area contributed by atoms with Gasteiger partial charge in [-0.1, -0.05) is 11.6 Å². The van der Waals surface area contributed by atoms with Gasteiger partial charge in [-0.25, -0.2) is 0 Å². The van der Waals surface area contributed by atoms with E-state index in [1.54, 1.807) is 34.5 Å². The van der Waals surface area contributed by atoms with Gasteiger partial charge in [0.25, 0.3) is 0 Å². The van der Waals surface area contributed by atoms with Gasteiger partial charge in [0.2, 0.25) is 5.75 Å². The molecule has 1 aromatic heterocycles. The van der Waals surface area contributed by atoms with Crippen LogP contribution in [0.1, 0.15) is 0 Å². The van der Waals surface area contributed by atoms with E-state index in [1.165, 1.54) is 0 Å². The lowest BCUT2D eigenvalue weighted by Gasteiger charge is -2.13. The van der Waals surface area contributed by atoms with Crippen molar-refractivity contribution < 1.29 is 18.9 Å². The monoisotopic (exact) mass is 321 g/mol. The minimum absolute atomic E-state index is 0.539. The number of aromatic nitrogens is 1. The molecule has 0 aliphatic rings. The molecular weight excluding hydrogens is 306 g/mol. The van der Waals surface area contributed by atoms with Crippen molar-refractivity contribution in [3.63, 3.8) is 0 Å². The highest BCUT2D eigenvalue weighted by atomic mass is 35.5. The molecule has 0 radical (unpaired) electrons. The second kappa shape index (κ2) is 5.50. The van der Waals surface area contributed by atoms with Gasteiger partial charge in [-0.3, -0.25) is 0 Å². The molecule has 0 amide bonds. The number of ether oxygens (including phenoxy) is 4. The molecule has 0 fully saturated rings. The van der Waals surface area contributed by atoms with Crippen molar-refractivity contribution >= 4 is 33.4 Å². The third-order valence-electron chi connectivity index (χ3n) is 3.65. The second-order valence-electron chi connectivity index (χ2n) is 4.72. The van der Waals surface area contributed by atoms with Crippen LogP contribution in [0, 0.1) is 0 Å². The van der Waals surface area contributed by atoms with Gasteiger partial charge in [0, 0.05) is 22.5 Å². The number of hydrogen-bond acceptors (Lipinski definition) is 4. The maximum atomic E-state index is 6.20. The van der Waals surface area contributed by atoms with Crippen LogP contribution in [0.15, 0.2) is 18.2 Å². The quantitative estimate of drug-likeness (QED) is 0.789. The van der Waals surface area contributed by atoms with Crippen molar-refractivity contribution in [1.82, 2.24) is 4.98 Å². The summed E-state index contributed by atoms with van der Waals surface area (Å²) in [5.41, 5.74) is 1.69. The van der Waals surface area contributed by atoms with Crippen LogP contribution in [-0.2, 0) is 0 Å². The average molecular weight is 322 g/mol. The van der Waals surface area contributed by atoms with E-state index in [4.69, 9.17) is 30.5 Å². The summed E-state index contributed by atoms with van der Waals surface area (Å²) in [5, 5.41) is 2.36. The fraction of sp³-hybridized carbons (Fsp3) is 0.250. The van der Waals surface area contributed by atoms with Gasteiger partial charge in [-0.2, -0.15) is 0 Å². The predicted molar refractivity (Wildman–Crippen MR) is 87.0 cm³/mol. The van der Waals surface area contributed by atoms with E-state index in [-0.39, 0.29) is 0 Å². The number of rotatable bonds is 4. The number of fused-ring (bicyclic) bond motifs is 3. The number of benzene rings is 2. The number of H-pyrrole nitrogens is 1. The molecular formula is C16H16ClNO4. The zero-order chi connectivity index (χ0) is 15.9. The number of nitrogens with one attached hydrogen (secondary N) is 1. The average Bonchev–Trinajstić information content (AvgIpc) is 2.90. The Morgan fingerprint density at radius 2 is 1.50 bits per heavy atom. The molecule has 1 heterocycles. The number of halogens is 1. The summed E-state index contributed by atoms with van der Waals surface area (Å²) in [6.45, 7) is 0. The van der Waals surface area contributed by atoms with Crippen LogP contribution in [0.4, 0.5) is 0 Å². The zero-order valence-corrected chi connectivity index (χ0v) is 13.5. The largest absolute Gasteiger partial charge is 0.495 e. The molecule has 0 saturated heterocycles. The van der Waals surface area contributed by atoms with Crippen molar-refractivity contribution in [2.75, 3.05) is 28.4 Å². The maximum Gasteiger partial charge on any atom is 0.204 e. The SMILES string of the molecule is COc1cc2[nH]c3c(OC)cc(Cl)cc3c2c(OC)c1OC. The minimum Gasteiger partial charge on any atom is -0.495 e. The highest BCUT2D eigenvalue weighted by Gasteiger charge is 2.21. The van der Waals surface area contributed by atoms with Gasteiger partial charge in [-0.05, 0) is 6.07 Å². The van der Waals surface area contributed by atoms with Gasteiger partial charge in [0.05, 0.1) is 44.9 Å². The van der Waals surface area contributed by atoms with E-state index in [0.717, 1.165) is 21.8 Å². The van der Waals surface area contributed by atoms with Gasteiger partial charge in [0.15, 0.2) is 11.5 Å². The first-order valence-corrected chi connectivity index (χ1v) is 7.00. The molecule has 2 aromatic carbocycles. The molecule has 0 unspecified atom stereocenters. The Bertz CT molecular complexity index is 857. The third-order valence-corrected chi connectivity index (χ3v) is 3.86. The van der Waals surface area contributed by atoms with E-state index in [9.17, 15) is 0 Å². The second-order valence-corrected chi connectivity index (χ2v) is 5.16. The van der Waals surface area contributed by atoms with Crippen LogP contribution in [0.2, 0.25) is 5.02 Å². The van der Waals surface area contributed by atoms with Crippen molar-refractivity contribution in [1.29, 1.82) is 0 Å². The lowest BCUT2D eigenvalue weighted by molar-refractivity contribution is 0.327. The molecule has 0 atom stereocenters. The van der Waals surface area contributed by atoms with Gasteiger partial charge in [-0.15, -0.1) is 0 Å². The molecule has 0 aliphatic carbocycles. The minimum atomic E-state index is 0.539. The summed E-state index contributed by atoms with van der Waals surface area (Å²) in [5.74, 6) is 2.38. The zero-order valence-electron chi connectivity index (χ0n) is 12.7. The van der Waals surface area contributed by atoms with Gasteiger partial charge >= 0.3 is 0 Å². The number of aromatic amines is 1. The Balaban J connectivity index is 2.52. The Kier molecular flexibility index (Phi) is 3.66. The third kappa shape index (κ3) is 2.01. The number of methoxy groups -OCH3 is 4. The summed E-state index contributed by atoms with van der Waals surface area (Å²) in [6, 6.07) is 5.50. The Morgan fingerprint density at radius 1 is 0.818 bits per heavy atom. The Labute approximate surface area is 132 Å². The highest BCUT2D eigenvalue weighted by molar-refractivity contribution is 6.32. The molecule has 3 aromatic rings. The van der Waals surface area contributed by atoms with Crippen LogP contribution >= 0.6 is 11.6 Å². The van der Waals surface area contributed by atoms with Crippen molar-refractivity contribution in [3.05, 3.63) is 23.2 Å². The Morgan fingerprint density at radius 3 is 2.09 bits per heavy atom. The fourth-order valence-corrected chi connectivity index (χ4v) is 2.93. The van der Waals surface area contributed by atoms with Gasteiger partial charge in [0.1, 0.15) is 5.75 Å². The summed E-state index contributed by atoms with van der Waals surface area (Å²) >= 11 is 6.20. The van der Waals surface area contributed by atoms with E-state index in [1.807, 2.05) is 12.1 Å². The molecule has 0 bridgehead atoms. The van der Waals surface area contributed by atoms with E-state index in [2.05, 4.69) is 4.98 Å². The van der Waals surface area contributed by atoms with Gasteiger partial charge < -0.3 is 23.9 Å². The van der Waals surface area contributed by atoms with E-state index < -0.39 is 0 Å². The molecule has 116 valence electrons. The van der Waals surface area contributed by atoms with Crippen LogP contribution in [0.5, 0.6) is 23.0 Å². The molecule has 3 rings (SSSR count). The van der Waals surface area contributed by atoms with Crippen molar-refractivity contribution in [3.8, 4) is 23.0 Å². The lowest BCUT2D eigenvalue weighted by Crippen LogP contribution is -1.95.